The van der Waals surface area contributed by atoms with Gasteiger partial charge in [-0.25, -0.2) is 0 Å². The molecule has 0 saturated carbocycles. The van der Waals surface area contributed by atoms with Gasteiger partial charge in [0.15, 0.2) is 5.82 Å². The summed E-state index contributed by atoms with van der Waals surface area (Å²) in [5.74, 6) is 1.30. The van der Waals surface area contributed by atoms with Gasteiger partial charge in [-0.15, -0.1) is 0 Å². The molecule has 0 unspecified atom stereocenters. The van der Waals surface area contributed by atoms with Crippen molar-refractivity contribution in [2.45, 2.75) is 19.9 Å². The molecule has 0 aliphatic rings. The molecule has 0 fully saturated rings. The van der Waals surface area contributed by atoms with E-state index in [1.54, 1.807) is 13.0 Å². The number of nitrogens with zero attached hydrogens (tertiary/aromatic N) is 2. The number of nitrogens with one attached hydrogen (secondary N) is 1. The first-order valence-corrected chi connectivity index (χ1v) is 6.34. The van der Waals surface area contributed by atoms with Crippen molar-refractivity contribution in [3.8, 4) is 0 Å². The molecular formula is C12H13Cl2N3O. The number of benzene rings is 1. The zero-order valence-electron chi connectivity index (χ0n) is 9.91. The summed E-state index contributed by atoms with van der Waals surface area (Å²) in [6.45, 7) is 3.26. The van der Waals surface area contributed by atoms with Crippen LogP contribution >= 0.6 is 23.2 Å². The first-order chi connectivity index (χ1) is 8.63. The second-order valence-electron chi connectivity index (χ2n) is 3.94. The Morgan fingerprint density at radius 2 is 1.94 bits per heavy atom. The van der Waals surface area contributed by atoms with Gasteiger partial charge in [0.2, 0.25) is 5.89 Å². The fourth-order valence-corrected chi connectivity index (χ4v) is 2.15. The minimum atomic E-state index is 0.643. The van der Waals surface area contributed by atoms with Gasteiger partial charge in [-0.1, -0.05) is 28.4 Å². The van der Waals surface area contributed by atoms with E-state index >= 15 is 0 Å². The van der Waals surface area contributed by atoms with E-state index < -0.39 is 0 Å². The standard InChI is InChI=1S/C12H13Cl2N3O/c1-8-16-12(18-17-8)2-3-15-7-9-4-10(13)6-11(14)5-9/h4-6,15H,2-3,7H2,1H3. The molecule has 1 aromatic heterocycles. The van der Waals surface area contributed by atoms with Crippen molar-refractivity contribution in [2.24, 2.45) is 0 Å². The Morgan fingerprint density at radius 3 is 2.56 bits per heavy atom. The van der Waals surface area contributed by atoms with Crippen LogP contribution < -0.4 is 5.32 Å². The highest BCUT2D eigenvalue weighted by atomic mass is 35.5. The third kappa shape index (κ3) is 3.98. The molecule has 0 aliphatic carbocycles. The summed E-state index contributed by atoms with van der Waals surface area (Å²) >= 11 is 11.8. The summed E-state index contributed by atoms with van der Waals surface area (Å²) in [6.07, 6.45) is 0.704. The number of hydrogen-bond donors (Lipinski definition) is 1. The van der Waals surface area contributed by atoms with E-state index in [2.05, 4.69) is 15.5 Å². The third-order valence-corrected chi connectivity index (χ3v) is 2.77. The first kappa shape index (κ1) is 13.3. The lowest BCUT2D eigenvalue weighted by atomic mass is 10.2. The quantitative estimate of drug-likeness (QED) is 0.858. The summed E-state index contributed by atoms with van der Waals surface area (Å²) in [5.41, 5.74) is 1.05. The Balaban J connectivity index is 1.78. The zero-order valence-corrected chi connectivity index (χ0v) is 11.4. The Morgan fingerprint density at radius 1 is 1.22 bits per heavy atom. The minimum absolute atomic E-state index is 0.643. The van der Waals surface area contributed by atoms with E-state index in [0.717, 1.165) is 12.1 Å². The van der Waals surface area contributed by atoms with Gasteiger partial charge in [0.25, 0.3) is 0 Å². The lowest BCUT2D eigenvalue weighted by molar-refractivity contribution is 0.372. The highest BCUT2D eigenvalue weighted by molar-refractivity contribution is 6.34. The normalized spacial score (nSPS) is 10.8. The summed E-state index contributed by atoms with van der Waals surface area (Å²) in [6, 6.07) is 5.49. The van der Waals surface area contributed by atoms with Gasteiger partial charge < -0.3 is 9.84 Å². The maximum absolute atomic E-state index is 5.92. The van der Waals surface area contributed by atoms with E-state index in [9.17, 15) is 0 Å². The van der Waals surface area contributed by atoms with Crippen molar-refractivity contribution >= 4 is 23.2 Å². The predicted octanol–water partition coefficient (Wildman–Crippen LogP) is 3.02. The molecule has 0 atom stereocenters. The van der Waals surface area contributed by atoms with Crippen LogP contribution in [0.4, 0.5) is 0 Å². The second-order valence-corrected chi connectivity index (χ2v) is 4.81. The van der Waals surface area contributed by atoms with Crippen LogP contribution in [0.3, 0.4) is 0 Å². The van der Waals surface area contributed by atoms with Crippen molar-refractivity contribution in [1.29, 1.82) is 0 Å². The molecule has 1 N–H and O–H groups in total. The summed E-state index contributed by atoms with van der Waals surface area (Å²) in [4.78, 5) is 4.12. The molecular weight excluding hydrogens is 273 g/mol. The van der Waals surface area contributed by atoms with E-state index in [4.69, 9.17) is 27.7 Å². The third-order valence-electron chi connectivity index (χ3n) is 2.34. The largest absolute Gasteiger partial charge is 0.339 e. The fraction of sp³-hybridized carbons (Fsp3) is 0.333. The van der Waals surface area contributed by atoms with Crippen LogP contribution in [0, 0.1) is 6.92 Å². The molecule has 0 bridgehead atoms. The van der Waals surface area contributed by atoms with Crippen LogP contribution in [0.1, 0.15) is 17.3 Å². The highest BCUT2D eigenvalue weighted by Crippen LogP contribution is 2.18. The zero-order chi connectivity index (χ0) is 13.0. The van der Waals surface area contributed by atoms with Gasteiger partial charge in [0, 0.05) is 29.6 Å². The lowest BCUT2D eigenvalue weighted by Crippen LogP contribution is -2.16. The molecule has 1 heterocycles. The average molecular weight is 286 g/mol. The minimum Gasteiger partial charge on any atom is -0.339 e. The molecule has 18 heavy (non-hydrogen) atoms. The molecule has 0 spiro atoms. The monoisotopic (exact) mass is 285 g/mol. The average Bonchev–Trinajstić information content (AvgIpc) is 2.69. The smallest absolute Gasteiger partial charge is 0.227 e. The van der Waals surface area contributed by atoms with Gasteiger partial charge in [-0.05, 0) is 30.7 Å². The summed E-state index contributed by atoms with van der Waals surface area (Å²) in [7, 11) is 0. The van der Waals surface area contributed by atoms with Crippen molar-refractivity contribution in [3.63, 3.8) is 0 Å². The number of hydrogen-bond acceptors (Lipinski definition) is 4. The van der Waals surface area contributed by atoms with E-state index in [1.165, 1.54) is 0 Å². The summed E-state index contributed by atoms with van der Waals surface area (Å²) < 4.78 is 5.01. The molecule has 2 rings (SSSR count). The van der Waals surface area contributed by atoms with Crippen molar-refractivity contribution in [3.05, 3.63) is 45.5 Å². The van der Waals surface area contributed by atoms with Crippen LogP contribution in [-0.2, 0) is 13.0 Å². The van der Waals surface area contributed by atoms with Crippen LogP contribution in [0.2, 0.25) is 10.0 Å². The fourth-order valence-electron chi connectivity index (χ4n) is 1.58. The van der Waals surface area contributed by atoms with Gasteiger partial charge in [0.1, 0.15) is 0 Å². The molecule has 1 aromatic carbocycles. The number of aryl methyl sites for hydroxylation is 1. The molecule has 2 aromatic rings. The van der Waals surface area contributed by atoms with Gasteiger partial charge in [-0.2, -0.15) is 4.98 Å². The molecule has 96 valence electrons. The first-order valence-electron chi connectivity index (χ1n) is 5.58. The predicted molar refractivity (Wildman–Crippen MR) is 70.9 cm³/mol. The number of halogens is 2. The second kappa shape index (κ2) is 6.18. The van der Waals surface area contributed by atoms with E-state index in [-0.39, 0.29) is 0 Å². The topological polar surface area (TPSA) is 51.0 Å². The Kier molecular flexibility index (Phi) is 4.58. The Bertz CT molecular complexity index is 508. The SMILES string of the molecule is Cc1noc(CCNCc2cc(Cl)cc(Cl)c2)n1. The molecule has 4 nitrogen and oxygen atoms in total. The van der Waals surface area contributed by atoms with Crippen LogP contribution in [-0.4, -0.2) is 16.7 Å². The van der Waals surface area contributed by atoms with E-state index in [1.807, 2.05) is 12.1 Å². The summed E-state index contributed by atoms with van der Waals surface area (Å²) in [5, 5.41) is 8.29. The molecule has 0 radical (unpaired) electrons. The van der Waals surface area contributed by atoms with Crippen LogP contribution in [0.5, 0.6) is 0 Å². The Labute approximate surface area is 115 Å². The maximum Gasteiger partial charge on any atom is 0.227 e. The molecule has 0 saturated heterocycles. The highest BCUT2D eigenvalue weighted by Gasteiger charge is 2.02. The van der Waals surface area contributed by atoms with Crippen molar-refractivity contribution in [2.75, 3.05) is 6.54 Å². The van der Waals surface area contributed by atoms with Crippen molar-refractivity contribution < 1.29 is 4.52 Å². The maximum atomic E-state index is 5.92. The van der Waals surface area contributed by atoms with Gasteiger partial charge in [-0.3, -0.25) is 0 Å². The number of aromatic nitrogens is 2. The van der Waals surface area contributed by atoms with Crippen molar-refractivity contribution in [1.82, 2.24) is 15.5 Å². The number of rotatable bonds is 5. The van der Waals surface area contributed by atoms with Gasteiger partial charge >= 0.3 is 0 Å². The Hall–Kier alpha value is -1.10. The van der Waals surface area contributed by atoms with E-state index in [0.29, 0.717) is 34.7 Å². The molecule has 0 aliphatic heterocycles. The molecule has 6 heteroatoms. The lowest BCUT2D eigenvalue weighted by Gasteiger charge is -2.04. The van der Waals surface area contributed by atoms with Crippen LogP contribution in [0.25, 0.3) is 0 Å². The van der Waals surface area contributed by atoms with Gasteiger partial charge in [0.05, 0.1) is 0 Å². The van der Waals surface area contributed by atoms with Crippen LogP contribution in [0.15, 0.2) is 22.7 Å². The molecule has 0 amide bonds.